The quantitative estimate of drug-likeness (QED) is 0.739. The molecule has 0 radical (unpaired) electrons. The van der Waals surface area contributed by atoms with Crippen molar-refractivity contribution in [1.82, 2.24) is 5.32 Å². The van der Waals surface area contributed by atoms with Crippen LogP contribution in [0.15, 0.2) is 12.1 Å². The van der Waals surface area contributed by atoms with Crippen molar-refractivity contribution in [2.45, 2.75) is 6.04 Å². The molecule has 6 heteroatoms. The van der Waals surface area contributed by atoms with Gasteiger partial charge in [0, 0.05) is 0 Å². The predicted octanol–water partition coefficient (Wildman–Crippen LogP) is 0.850. The predicted molar refractivity (Wildman–Crippen MR) is 47.3 cm³/mol. The molecule has 0 aromatic heterocycles. The molecule has 0 fully saturated rings. The number of amides is 1. The van der Waals surface area contributed by atoms with E-state index in [1.807, 2.05) is 0 Å². The van der Waals surface area contributed by atoms with Gasteiger partial charge in [-0.1, -0.05) is 0 Å². The second kappa shape index (κ2) is 4.31. The Balaban J connectivity index is 3.20. The summed E-state index contributed by atoms with van der Waals surface area (Å²) in [5.41, 5.74) is 4.92. The SMILES string of the molecule is CNC(C(N)=O)c1cc(F)c(F)c(F)c1. The highest BCUT2D eigenvalue weighted by Crippen LogP contribution is 2.18. The Morgan fingerprint density at radius 1 is 1.33 bits per heavy atom. The first kappa shape index (κ1) is 11.5. The van der Waals surface area contributed by atoms with E-state index in [0.29, 0.717) is 0 Å². The van der Waals surface area contributed by atoms with E-state index in [0.717, 1.165) is 12.1 Å². The standard InChI is InChI=1S/C9H9F3N2O/c1-14-8(9(13)15)4-2-5(10)7(12)6(11)3-4/h2-3,8,14H,1H3,(H2,13,15). The Morgan fingerprint density at radius 2 is 1.80 bits per heavy atom. The van der Waals surface area contributed by atoms with Crippen LogP contribution in [0.4, 0.5) is 13.2 Å². The first-order chi connectivity index (χ1) is 6.97. The summed E-state index contributed by atoms with van der Waals surface area (Å²) in [6, 6.07) is 0.406. The Morgan fingerprint density at radius 3 is 2.13 bits per heavy atom. The zero-order valence-corrected chi connectivity index (χ0v) is 7.85. The van der Waals surface area contributed by atoms with E-state index in [1.54, 1.807) is 0 Å². The Kier molecular flexibility index (Phi) is 3.31. The lowest BCUT2D eigenvalue weighted by Gasteiger charge is -2.12. The minimum absolute atomic E-state index is 0.0543. The highest BCUT2D eigenvalue weighted by Gasteiger charge is 2.19. The van der Waals surface area contributed by atoms with E-state index in [1.165, 1.54) is 7.05 Å². The van der Waals surface area contributed by atoms with Crippen LogP contribution in [0.25, 0.3) is 0 Å². The molecular formula is C9H9F3N2O. The number of rotatable bonds is 3. The van der Waals surface area contributed by atoms with Crippen LogP contribution in [0.5, 0.6) is 0 Å². The number of hydrogen-bond acceptors (Lipinski definition) is 2. The average molecular weight is 218 g/mol. The highest BCUT2D eigenvalue weighted by atomic mass is 19.2. The molecule has 0 spiro atoms. The van der Waals surface area contributed by atoms with Crippen molar-refractivity contribution in [1.29, 1.82) is 0 Å². The fraction of sp³-hybridized carbons (Fsp3) is 0.222. The summed E-state index contributed by atoms with van der Waals surface area (Å²) in [5, 5.41) is 2.46. The molecule has 0 saturated heterocycles. The highest BCUT2D eigenvalue weighted by molar-refractivity contribution is 5.81. The number of carbonyl (C=O) groups excluding carboxylic acids is 1. The van der Waals surface area contributed by atoms with Gasteiger partial charge in [-0.2, -0.15) is 0 Å². The molecule has 1 aromatic rings. The average Bonchev–Trinajstić information content (AvgIpc) is 2.14. The molecule has 15 heavy (non-hydrogen) atoms. The molecule has 3 N–H and O–H groups in total. The molecule has 0 saturated carbocycles. The van der Waals surface area contributed by atoms with Crippen molar-refractivity contribution in [3.63, 3.8) is 0 Å². The smallest absolute Gasteiger partial charge is 0.239 e. The van der Waals surface area contributed by atoms with Crippen molar-refractivity contribution in [3.05, 3.63) is 35.1 Å². The Hall–Kier alpha value is -1.56. The van der Waals surface area contributed by atoms with Crippen molar-refractivity contribution in [2.75, 3.05) is 7.05 Å². The van der Waals surface area contributed by atoms with Crippen LogP contribution >= 0.6 is 0 Å². The molecule has 0 bridgehead atoms. The van der Waals surface area contributed by atoms with Crippen LogP contribution in [-0.2, 0) is 4.79 Å². The molecule has 0 heterocycles. The minimum atomic E-state index is -1.57. The molecule has 0 aliphatic rings. The van der Waals surface area contributed by atoms with Gasteiger partial charge in [0.2, 0.25) is 5.91 Å². The summed E-state index contributed by atoms with van der Waals surface area (Å²) in [5.74, 6) is -5.08. The molecule has 0 aliphatic carbocycles. The zero-order valence-electron chi connectivity index (χ0n) is 7.85. The summed E-state index contributed by atoms with van der Waals surface area (Å²) in [7, 11) is 1.40. The minimum Gasteiger partial charge on any atom is -0.368 e. The summed E-state index contributed by atoms with van der Waals surface area (Å²) in [6.45, 7) is 0. The van der Waals surface area contributed by atoms with E-state index < -0.39 is 29.4 Å². The van der Waals surface area contributed by atoms with E-state index >= 15 is 0 Å². The summed E-state index contributed by atoms with van der Waals surface area (Å²) < 4.78 is 38.2. The van der Waals surface area contributed by atoms with Gasteiger partial charge in [0.25, 0.3) is 0 Å². The van der Waals surface area contributed by atoms with E-state index in [9.17, 15) is 18.0 Å². The van der Waals surface area contributed by atoms with Crippen LogP contribution < -0.4 is 11.1 Å². The van der Waals surface area contributed by atoms with E-state index in [4.69, 9.17) is 5.73 Å². The summed E-state index contributed by atoms with van der Waals surface area (Å²) in [4.78, 5) is 10.9. The molecule has 0 aliphatic heterocycles. The Labute approximate surface area is 84.1 Å². The lowest BCUT2D eigenvalue weighted by molar-refractivity contribution is -0.120. The Bertz CT molecular complexity index is 372. The summed E-state index contributed by atoms with van der Waals surface area (Å²) in [6.07, 6.45) is 0. The number of nitrogens with one attached hydrogen (secondary N) is 1. The first-order valence-corrected chi connectivity index (χ1v) is 4.08. The van der Waals surface area contributed by atoms with Gasteiger partial charge >= 0.3 is 0 Å². The fourth-order valence-corrected chi connectivity index (χ4v) is 1.21. The molecule has 1 amide bonds. The third kappa shape index (κ3) is 2.27. The van der Waals surface area contributed by atoms with Crippen LogP contribution in [0.2, 0.25) is 0 Å². The maximum Gasteiger partial charge on any atom is 0.239 e. The third-order valence-electron chi connectivity index (χ3n) is 1.91. The number of primary amides is 1. The number of carbonyl (C=O) groups is 1. The van der Waals surface area contributed by atoms with Gasteiger partial charge in [-0.05, 0) is 24.7 Å². The van der Waals surface area contributed by atoms with Crippen LogP contribution in [0, 0.1) is 17.5 Å². The van der Waals surface area contributed by atoms with Crippen molar-refractivity contribution < 1.29 is 18.0 Å². The second-order valence-electron chi connectivity index (χ2n) is 2.92. The molecule has 1 unspecified atom stereocenters. The van der Waals surface area contributed by atoms with Crippen LogP contribution in [-0.4, -0.2) is 13.0 Å². The third-order valence-corrected chi connectivity index (χ3v) is 1.91. The molecule has 1 atom stereocenters. The molecule has 3 nitrogen and oxygen atoms in total. The first-order valence-electron chi connectivity index (χ1n) is 4.08. The number of likely N-dealkylation sites (N-methyl/N-ethyl adjacent to an activating group) is 1. The van der Waals surface area contributed by atoms with Gasteiger partial charge in [0.05, 0.1) is 0 Å². The van der Waals surface area contributed by atoms with Crippen molar-refractivity contribution in [2.24, 2.45) is 5.73 Å². The normalized spacial score (nSPS) is 12.5. The topological polar surface area (TPSA) is 55.1 Å². The lowest BCUT2D eigenvalue weighted by atomic mass is 10.1. The zero-order chi connectivity index (χ0) is 11.6. The monoisotopic (exact) mass is 218 g/mol. The van der Waals surface area contributed by atoms with Crippen molar-refractivity contribution >= 4 is 5.91 Å². The maximum absolute atomic E-state index is 12.8. The maximum atomic E-state index is 12.8. The molecule has 1 rings (SSSR count). The summed E-state index contributed by atoms with van der Waals surface area (Å²) >= 11 is 0. The number of benzene rings is 1. The van der Waals surface area contributed by atoms with Gasteiger partial charge in [0.1, 0.15) is 6.04 Å². The van der Waals surface area contributed by atoms with Crippen LogP contribution in [0.1, 0.15) is 11.6 Å². The fourth-order valence-electron chi connectivity index (χ4n) is 1.21. The van der Waals surface area contributed by atoms with Crippen LogP contribution in [0.3, 0.4) is 0 Å². The van der Waals surface area contributed by atoms with Gasteiger partial charge in [0.15, 0.2) is 17.5 Å². The number of hydrogen-bond donors (Lipinski definition) is 2. The number of halogens is 3. The molecular weight excluding hydrogens is 209 g/mol. The van der Waals surface area contributed by atoms with Gasteiger partial charge in [-0.25, -0.2) is 13.2 Å². The molecule has 82 valence electrons. The van der Waals surface area contributed by atoms with E-state index in [2.05, 4.69) is 5.32 Å². The molecule has 1 aromatic carbocycles. The second-order valence-corrected chi connectivity index (χ2v) is 2.92. The van der Waals surface area contributed by atoms with Gasteiger partial charge in [-0.3, -0.25) is 4.79 Å². The van der Waals surface area contributed by atoms with Crippen molar-refractivity contribution in [3.8, 4) is 0 Å². The van der Waals surface area contributed by atoms with Gasteiger partial charge in [-0.15, -0.1) is 0 Å². The van der Waals surface area contributed by atoms with E-state index in [-0.39, 0.29) is 5.56 Å². The largest absolute Gasteiger partial charge is 0.368 e. The van der Waals surface area contributed by atoms with Gasteiger partial charge < -0.3 is 11.1 Å². The number of nitrogens with two attached hydrogens (primary N) is 1. The lowest BCUT2D eigenvalue weighted by Crippen LogP contribution is -2.31.